The molecule has 0 aromatic heterocycles. The van der Waals surface area contributed by atoms with Crippen LogP contribution in [0.5, 0.6) is 0 Å². The zero-order valence-electron chi connectivity index (χ0n) is 11.7. The van der Waals surface area contributed by atoms with Crippen LogP contribution in [0.2, 0.25) is 0 Å². The molecule has 104 valence electrons. The maximum Gasteiger partial charge on any atom is 0.123 e. The second-order valence-corrected chi connectivity index (χ2v) is 5.12. The molecule has 19 heavy (non-hydrogen) atoms. The summed E-state index contributed by atoms with van der Waals surface area (Å²) < 4.78 is 19.0. The van der Waals surface area contributed by atoms with Crippen LogP contribution < -0.4 is 5.32 Å². The van der Waals surface area contributed by atoms with Gasteiger partial charge in [0.15, 0.2) is 0 Å². The lowest BCUT2D eigenvalue weighted by atomic mass is 9.94. The van der Waals surface area contributed by atoms with Gasteiger partial charge in [-0.15, -0.1) is 0 Å². The molecule has 0 fully saturated rings. The van der Waals surface area contributed by atoms with E-state index < -0.39 is 0 Å². The number of rotatable bonds is 5. The molecule has 0 saturated carbocycles. The summed E-state index contributed by atoms with van der Waals surface area (Å²) in [6.07, 6.45) is 4.94. The molecule has 1 atom stereocenters. The quantitative estimate of drug-likeness (QED) is 0.870. The van der Waals surface area contributed by atoms with Gasteiger partial charge in [-0.25, -0.2) is 4.39 Å². The highest BCUT2D eigenvalue weighted by Gasteiger charge is 2.19. The predicted octanol–water partition coefficient (Wildman–Crippen LogP) is 3.87. The largest absolute Gasteiger partial charge is 0.501 e. The third-order valence-corrected chi connectivity index (χ3v) is 3.33. The van der Waals surface area contributed by atoms with Crippen LogP contribution in [0.3, 0.4) is 0 Å². The normalized spacial score (nSPS) is 16.7. The zero-order chi connectivity index (χ0) is 13.7. The number of hydrogen-bond acceptors (Lipinski definition) is 2. The zero-order valence-corrected chi connectivity index (χ0v) is 11.7. The van der Waals surface area contributed by atoms with Gasteiger partial charge in [-0.1, -0.05) is 13.0 Å². The molecular formula is C16H22FNO. The van der Waals surface area contributed by atoms with Crippen molar-refractivity contribution in [2.75, 3.05) is 13.2 Å². The Morgan fingerprint density at radius 2 is 2.21 bits per heavy atom. The van der Waals surface area contributed by atoms with Gasteiger partial charge < -0.3 is 10.1 Å². The number of benzene rings is 1. The molecule has 1 aromatic rings. The van der Waals surface area contributed by atoms with E-state index in [0.717, 1.165) is 43.5 Å². The molecule has 1 unspecified atom stereocenters. The first kappa shape index (κ1) is 14.1. The molecule has 1 aliphatic rings. The van der Waals surface area contributed by atoms with E-state index in [0.29, 0.717) is 0 Å². The van der Waals surface area contributed by atoms with E-state index in [9.17, 15) is 4.39 Å². The van der Waals surface area contributed by atoms with Crippen LogP contribution in [0.1, 0.15) is 43.4 Å². The van der Waals surface area contributed by atoms with Crippen LogP contribution in [-0.4, -0.2) is 13.2 Å². The molecular weight excluding hydrogens is 241 g/mol. The molecule has 0 aliphatic carbocycles. The minimum atomic E-state index is -0.171. The summed E-state index contributed by atoms with van der Waals surface area (Å²) in [5.74, 6) is -0.171. The highest BCUT2D eigenvalue weighted by molar-refractivity contribution is 5.32. The lowest BCUT2D eigenvalue weighted by molar-refractivity contribution is 0.219. The molecule has 3 heteroatoms. The Labute approximate surface area is 114 Å². The van der Waals surface area contributed by atoms with Gasteiger partial charge in [-0.05, 0) is 61.6 Å². The highest BCUT2D eigenvalue weighted by Crippen LogP contribution is 2.28. The SMILES string of the molecule is CCCNC(C1=COCCC1)c1cc(C)cc(F)c1. The molecule has 0 saturated heterocycles. The Balaban J connectivity index is 2.27. The van der Waals surface area contributed by atoms with Gasteiger partial charge >= 0.3 is 0 Å². The fourth-order valence-corrected chi connectivity index (χ4v) is 2.48. The average Bonchev–Trinajstić information content (AvgIpc) is 2.39. The van der Waals surface area contributed by atoms with Crippen LogP contribution >= 0.6 is 0 Å². The van der Waals surface area contributed by atoms with Gasteiger partial charge in [0.25, 0.3) is 0 Å². The summed E-state index contributed by atoms with van der Waals surface area (Å²) in [4.78, 5) is 0. The lowest BCUT2D eigenvalue weighted by Crippen LogP contribution is -2.25. The molecule has 0 amide bonds. The van der Waals surface area contributed by atoms with Crippen molar-refractivity contribution in [1.29, 1.82) is 0 Å². The van der Waals surface area contributed by atoms with E-state index >= 15 is 0 Å². The van der Waals surface area contributed by atoms with Crippen molar-refractivity contribution in [1.82, 2.24) is 5.32 Å². The summed E-state index contributed by atoms with van der Waals surface area (Å²) in [6, 6.07) is 5.29. The number of ether oxygens (including phenoxy) is 1. The van der Waals surface area contributed by atoms with E-state index in [2.05, 4.69) is 12.2 Å². The second kappa shape index (κ2) is 6.71. The fourth-order valence-electron chi connectivity index (χ4n) is 2.48. The summed E-state index contributed by atoms with van der Waals surface area (Å²) in [7, 11) is 0. The van der Waals surface area contributed by atoms with E-state index in [-0.39, 0.29) is 11.9 Å². The first-order valence-corrected chi connectivity index (χ1v) is 7.01. The van der Waals surface area contributed by atoms with Gasteiger partial charge in [0.2, 0.25) is 0 Å². The van der Waals surface area contributed by atoms with E-state index in [1.54, 1.807) is 12.1 Å². The van der Waals surface area contributed by atoms with Crippen LogP contribution in [-0.2, 0) is 4.74 Å². The molecule has 1 N–H and O–H groups in total. The Hall–Kier alpha value is -1.35. The van der Waals surface area contributed by atoms with Gasteiger partial charge in [0.1, 0.15) is 5.82 Å². The number of aryl methyl sites for hydroxylation is 1. The molecule has 2 nitrogen and oxygen atoms in total. The standard InChI is InChI=1S/C16H22FNO/c1-3-6-18-16(13-5-4-7-19-11-13)14-8-12(2)9-15(17)10-14/h8-11,16,18H,3-7H2,1-2H3. The Morgan fingerprint density at radius 3 is 2.84 bits per heavy atom. The smallest absolute Gasteiger partial charge is 0.123 e. The lowest BCUT2D eigenvalue weighted by Gasteiger charge is -2.25. The predicted molar refractivity (Wildman–Crippen MR) is 75.4 cm³/mol. The molecule has 0 spiro atoms. The summed E-state index contributed by atoms with van der Waals surface area (Å²) >= 11 is 0. The van der Waals surface area contributed by atoms with Crippen molar-refractivity contribution in [2.24, 2.45) is 0 Å². The van der Waals surface area contributed by atoms with Crippen molar-refractivity contribution < 1.29 is 9.13 Å². The first-order valence-electron chi connectivity index (χ1n) is 7.01. The molecule has 2 rings (SSSR count). The summed E-state index contributed by atoms with van der Waals surface area (Å²) in [5.41, 5.74) is 3.16. The van der Waals surface area contributed by atoms with E-state index in [1.165, 1.54) is 5.57 Å². The topological polar surface area (TPSA) is 21.3 Å². The van der Waals surface area contributed by atoms with Crippen molar-refractivity contribution in [3.8, 4) is 0 Å². The van der Waals surface area contributed by atoms with E-state index in [4.69, 9.17) is 4.74 Å². The summed E-state index contributed by atoms with van der Waals surface area (Å²) in [5, 5.41) is 3.49. The number of hydrogen-bond donors (Lipinski definition) is 1. The van der Waals surface area contributed by atoms with Crippen molar-refractivity contribution in [3.05, 3.63) is 47.0 Å². The third-order valence-electron chi connectivity index (χ3n) is 3.33. The Morgan fingerprint density at radius 1 is 1.37 bits per heavy atom. The molecule has 1 aromatic carbocycles. The van der Waals surface area contributed by atoms with Crippen LogP contribution in [0.15, 0.2) is 30.0 Å². The van der Waals surface area contributed by atoms with E-state index in [1.807, 2.05) is 19.3 Å². The van der Waals surface area contributed by atoms with Crippen LogP contribution in [0, 0.1) is 12.7 Å². The highest BCUT2D eigenvalue weighted by atomic mass is 19.1. The fraction of sp³-hybridized carbons (Fsp3) is 0.500. The van der Waals surface area contributed by atoms with Gasteiger partial charge in [0, 0.05) is 0 Å². The van der Waals surface area contributed by atoms with Crippen molar-refractivity contribution in [3.63, 3.8) is 0 Å². The monoisotopic (exact) mass is 263 g/mol. The minimum Gasteiger partial charge on any atom is -0.501 e. The maximum absolute atomic E-state index is 13.6. The van der Waals surface area contributed by atoms with Crippen molar-refractivity contribution in [2.45, 2.75) is 39.2 Å². The third kappa shape index (κ3) is 3.80. The van der Waals surface area contributed by atoms with Crippen molar-refractivity contribution >= 4 is 0 Å². The Bertz CT molecular complexity index is 436. The number of halogens is 1. The molecule has 0 bridgehead atoms. The number of nitrogens with one attached hydrogen (secondary N) is 1. The van der Waals surface area contributed by atoms with Crippen LogP contribution in [0.4, 0.5) is 4.39 Å². The second-order valence-electron chi connectivity index (χ2n) is 5.12. The van der Waals surface area contributed by atoms with Gasteiger partial charge in [0.05, 0.1) is 18.9 Å². The Kier molecular flexibility index (Phi) is 4.97. The van der Waals surface area contributed by atoms with Crippen LogP contribution in [0.25, 0.3) is 0 Å². The average molecular weight is 263 g/mol. The molecule has 1 aliphatic heterocycles. The minimum absolute atomic E-state index is 0.0645. The first-order chi connectivity index (χ1) is 9.20. The molecule has 1 heterocycles. The van der Waals surface area contributed by atoms with Gasteiger partial charge in [-0.3, -0.25) is 0 Å². The summed E-state index contributed by atoms with van der Waals surface area (Å²) in [6.45, 7) is 5.76. The van der Waals surface area contributed by atoms with Gasteiger partial charge in [-0.2, -0.15) is 0 Å². The maximum atomic E-state index is 13.6. The molecule has 0 radical (unpaired) electrons.